The minimum atomic E-state index is -4.28. The summed E-state index contributed by atoms with van der Waals surface area (Å²) in [6, 6.07) is 7.76. The van der Waals surface area contributed by atoms with E-state index in [0.717, 1.165) is 25.0 Å². The van der Waals surface area contributed by atoms with Gasteiger partial charge in [0, 0.05) is 5.69 Å². The molecule has 0 saturated heterocycles. The standard InChI is InChI=1S/C17H18F3N3O/c1-11-8-15(23(22-11)14-6-3-7-14)16(24)21-13-5-2-4-12(9-13)10-17(18,19)20/h2,4-5,8-9,14H,3,6-7,10H2,1H3,(H,21,24). The van der Waals surface area contributed by atoms with Crippen LogP contribution in [0.5, 0.6) is 0 Å². The molecule has 1 aliphatic carbocycles. The third kappa shape index (κ3) is 3.77. The van der Waals surface area contributed by atoms with E-state index in [0.29, 0.717) is 11.4 Å². The molecule has 0 radical (unpaired) electrons. The Labute approximate surface area is 137 Å². The SMILES string of the molecule is Cc1cc(C(=O)Nc2cccc(CC(F)(F)F)c2)n(C2CCC2)n1. The van der Waals surface area contributed by atoms with E-state index in [4.69, 9.17) is 0 Å². The maximum absolute atomic E-state index is 12.5. The van der Waals surface area contributed by atoms with Crippen LogP contribution < -0.4 is 5.32 Å². The van der Waals surface area contributed by atoms with Crippen molar-refractivity contribution in [2.24, 2.45) is 0 Å². The summed E-state index contributed by atoms with van der Waals surface area (Å²) in [7, 11) is 0. The number of aromatic nitrogens is 2. The zero-order chi connectivity index (χ0) is 17.3. The number of aryl methyl sites for hydroxylation is 1. The minimum Gasteiger partial charge on any atom is -0.321 e. The van der Waals surface area contributed by atoms with Gasteiger partial charge in [-0.05, 0) is 49.9 Å². The quantitative estimate of drug-likeness (QED) is 0.905. The number of rotatable bonds is 4. The molecule has 1 fully saturated rings. The van der Waals surface area contributed by atoms with Crippen LogP contribution in [-0.4, -0.2) is 21.9 Å². The van der Waals surface area contributed by atoms with E-state index in [1.165, 1.54) is 18.2 Å². The molecule has 3 rings (SSSR count). The monoisotopic (exact) mass is 337 g/mol. The molecule has 0 spiro atoms. The van der Waals surface area contributed by atoms with Gasteiger partial charge in [0.05, 0.1) is 18.2 Å². The molecule has 128 valence electrons. The van der Waals surface area contributed by atoms with Crippen LogP contribution in [0.3, 0.4) is 0 Å². The Morgan fingerprint density at radius 3 is 2.71 bits per heavy atom. The lowest BCUT2D eigenvalue weighted by Gasteiger charge is -2.27. The summed E-state index contributed by atoms with van der Waals surface area (Å²) in [6.07, 6.45) is -2.20. The van der Waals surface area contributed by atoms with Crippen molar-refractivity contribution in [2.45, 2.75) is 44.8 Å². The Hall–Kier alpha value is -2.31. The predicted octanol–water partition coefficient (Wildman–Crippen LogP) is 4.27. The molecule has 0 aliphatic heterocycles. The van der Waals surface area contributed by atoms with Gasteiger partial charge < -0.3 is 5.32 Å². The first kappa shape index (κ1) is 16.5. The number of nitrogens with one attached hydrogen (secondary N) is 1. The first-order valence-corrected chi connectivity index (χ1v) is 7.85. The van der Waals surface area contributed by atoms with Crippen LogP contribution in [0.2, 0.25) is 0 Å². The van der Waals surface area contributed by atoms with Crippen molar-refractivity contribution in [3.63, 3.8) is 0 Å². The predicted molar refractivity (Wildman–Crippen MR) is 84.0 cm³/mol. The van der Waals surface area contributed by atoms with E-state index >= 15 is 0 Å². The zero-order valence-electron chi connectivity index (χ0n) is 13.2. The minimum absolute atomic E-state index is 0.115. The molecule has 1 aliphatic rings. The summed E-state index contributed by atoms with van der Waals surface area (Å²) in [5.41, 5.74) is 1.65. The highest BCUT2D eigenvalue weighted by Gasteiger charge is 2.28. The molecule has 1 saturated carbocycles. The lowest BCUT2D eigenvalue weighted by Crippen LogP contribution is -2.25. The smallest absolute Gasteiger partial charge is 0.321 e. The van der Waals surface area contributed by atoms with Gasteiger partial charge in [0.2, 0.25) is 0 Å². The average molecular weight is 337 g/mol. The van der Waals surface area contributed by atoms with Crippen molar-refractivity contribution in [3.8, 4) is 0 Å². The van der Waals surface area contributed by atoms with Gasteiger partial charge in [0.25, 0.3) is 5.91 Å². The van der Waals surface area contributed by atoms with Crippen molar-refractivity contribution >= 4 is 11.6 Å². The van der Waals surface area contributed by atoms with E-state index in [1.54, 1.807) is 16.8 Å². The Morgan fingerprint density at radius 1 is 1.33 bits per heavy atom. The molecule has 7 heteroatoms. The lowest BCUT2D eigenvalue weighted by atomic mass is 9.93. The van der Waals surface area contributed by atoms with Crippen LogP contribution in [-0.2, 0) is 6.42 Å². The molecule has 0 bridgehead atoms. The van der Waals surface area contributed by atoms with Crippen LogP contribution in [0.4, 0.5) is 18.9 Å². The summed E-state index contributed by atoms with van der Waals surface area (Å²) < 4.78 is 39.2. The van der Waals surface area contributed by atoms with Crippen LogP contribution >= 0.6 is 0 Å². The van der Waals surface area contributed by atoms with Gasteiger partial charge in [-0.15, -0.1) is 0 Å². The Balaban J connectivity index is 1.77. The van der Waals surface area contributed by atoms with Gasteiger partial charge >= 0.3 is 6.18 Å². The maximum atomic E-state index is 12.5. The van der Waals surface area contributed by atoms with Crippen molar-refractivity contribution in [1.82, 2.24) is 9.78 Å². The summed E-state index contributed by atoms with van der Waals surface area (Å²) in [4.78, 5) is 12.5. The molecule has 1 aromatic heterocycles. The third-order valence-corrected chi connectivity index (χ3v) is 4.10. The number of alkyl halides is 3. The van der Waals surface area contributed by atoms with E-state index in [2.05, 4.69) is 10.4 Å². The van der Waals surface area contributed by atoms with Crippen molar-refractivity contribution in [3.05, 3.63) is 47.3 Å². The fraction of sp³-hybridized carbons (Fsp3) is 0.412. The molecule has 0 atom stereocenters. The Kier molecular flexibility index (Phi) is 4.34. The first-order chi connectivity index (χ1) is 11.3. The first-order valence-electron chi connectivity index (χ1n) is 7.85. The highest BCUT2D eigenvalue weighted by atomic mass is 19.4. The second kappa shape index (κ2) is 6.30. The fourth-order valence-electron chi connectivity index (χ4n) is 2.78. The number of carbonyl (C=O) groups is 1. The van der Waals surface area contributed by atoms with Crippen LogP contribution in [0.15, 0.2) is 30.3 Å². The number of carbonyl (C=O) groups excluding carboxylic acids is 1. The van der Waals surface area contributed by atoms with Gasteiger partial charge in [-0.3, -0.25) is 9.48 Å². The van der Waals surface area contributed by atoms with Crippen molar-refractivity contribution in [2.75, 3.05) is 5.32 Å². The molecule has 24 heavy (non-hydrogen) atoms. The number of anilines is 1. The second-order valence-corrected chi connectivity index (χ2v) is 6.15. The summed E-state index contributed by atoms with van der Waals surface area (Å²) in [5, 5.41) is 7.04. The number of nitrogens with zero attached hydrogens (tertiary/aromatic N) is 2. The van der Waals surface area contributed by atoms with Gasteiger partial charge in [0.1, 0.15) is 5.69 Å². The van der Waals surface area contributed by atoms with E-state index in [-0.39, 0.29) is 17.5 Å². The summed E-state index contributed by atoms with van der Waals surface area (Å²) in [5.74, 6) is -0.355. The lowest BCUT2D eigenvalue weighted by molar-refractivity contribution is -0.127. The van der Waals surface area contributed by atoms with E-state index in [1.807, 2.05) is 6.92 Å². The molecule has 1 N–H and O–H groups in total. The number of hydrogen-bond donors (Lipinski definition) is 1. The largest absolute Gasteiger partial charge is 0.393 e. The Bertz CT molecular complexity index is 748. The maximum Gasteiger partial charge on any atom is 0.393 e. The number of amides is 1. The summed E-state index contributed by atoms with van der Waals surface area (Å²) in [6.45, 7) is 1.82. The molecular weight excluding hydrogens is 319 g/mol. The van der Waals surface area contributed by atoms with Gasteiger partial charge in [-0.2, -0.15) is 18.3 Å². The van der Waals surface area contributed by atoms with Gasteiger partial charge in [-0.1, -0.05) is 12.1 Å². The molecular formula is C17H18F3N3O. The van der Waals surface area contributed by atoms with Crippen LogP contribution in [0, 0.1) is 6.92 Å². The normalized spacial score (nSPS) is 15.2. The average Bonchev–Trinajstić information content (AvgIpc) is 2.77. The van der Waals surface area contributed by atoms with E-state index < -0.39 is 12.6 Å². The third-order valence-electron chi connectivity index (χ3n) is 4.10. The highest BCUT2D eigenvalue weighted by Crippen LogP contribution is 2.32. The van der Waals surface area contributed by atoms with Crippen molar-refractivity contribution in [1.29, 1.82) is 0 Å². The molecule has 1 aromatic carbocycles. The molecule has 4 nitrogen and oxygen atoms in total. The molecule has 2 aromatic rings. The number of halogens is 3. The fourth-order valence-corrected chi connectivity index (χ4v) is 2.78. The van der Waals surface area contributed by atoms with Crippen LogP contribution in [0.25, 0.3) is 0 Å². The van der Waals surface area contributed by atoms with Crippen LogP contribution in [0.1, 0.15) is 47.1 Å². The highest BCUT2D eigenvalue weighted by molar-refractivity contribution is 6.03. The number of benzene rings is 1. The van der Waals surface area contributed by atoms with Gasteiger partial charge in [-0.25, -0.2) is 0 Å². The second-order valence-electron chi connectivity index (χ2n) is 6.15. The topological polar surface area (TPSA) is 46.9 Å². The number of hydrogen-bond acceptors (Lipinski definition) is 2. The zero-order valence-corrected chi connectivity index (χ0v) is 13.2. The van der Waals surface area contributed by atoms with E-state index in [9.17, 15) is 18.0 Å². The molecule has 1 amide bonds. The van der Waals surface area contributed by atoms with Gasteiger partial charge in [0.15, 0.2) is 0 Å². The molecule has 1 heterocycles. The van der Waals surface area contributed by atoms with Crippen molar-refractivity contribution < 1.29 is 18.0 Å². The Morgan fingerprint density at radius 2 is 2.08 bits per heavy atom. The summed E-state index contributed by atoms with van der Waals surface area (Å²) >= 11 is 0. The molecule has 0 unspecified atom stereocenters.